The maximum Gasteiger partial charge on any atom is 0.337 e. The number of carbonyl (C=O) groups excluding carboxylic acids is 2. The summed E-state index contributed by atoms with van der Waals surface area (Å²) in [7, 11) is 1.25. The lowest BCUT2D eigenvalue weighted by Gasteiger charge is -2.18. The van der Waals surface area contributed by atoms with E-state index in [1.54, 1.807) is 0 Å². The first-order valence-corrected chi connectivity index (χ1v) is 6.25. The van der Waals surface area contributed by atoms with Crippen LogP contribution in [0.5, 0.6) is 0 Å². The molecular formula is C13H12ClNO5. The van der Waals surface area contributed by atoms with Crippen molar-refractivity contribution in [2.45, 2.75) is 6.42 Å². The van der Waals surface area contributed by atoms with Gasteiger partial charge >= 0.3 is 11.9 Å². The molecule has 1 aliphatic rings. The van der Waals surface area contributed by atoms with Crippen LogP contribution in [0.25, 0.3) is 0 Å². The molecule has 0 aliphatic carbocycles. The zero-order chi connectivity index (χ0) is 14.9. The van der Waals surface area contributed by atoms with E-state index in [1.807, 2.05) is 0 Å². The molecule has 6 nitrogen and oxygen atoms in total. The van der Waals surface area contributed by atoms with Gasteiger partial charge in [-0.15, -0.1) is 0 Å². The third kappa shape index (κ3) is 2.46. The van der Waals surface area contributed by atoms with Crippen LogP contribution in [0.3, 0.4) is 0 Å². The van der Waals surface area contributed by atoms with Gasteiger partial charge in [0.25, 0.3) is 0 Å². The number of ether oxygens (including phenoxy) is 1. The van der Waals surface area contributed by atoms with Gasteiger partial charge in [-0.2, -0.15) is 0 Å². The number of carboxylic acid groups (broad SMARTS) is 1. The van der Waals surface area contributed by atoms with E-state index in [0.29, 0.717) is 5.69 Å². The van der Waals surface area contributed by atoms with Gasteiger partial charge in [-0.25, -0.2) is 4.79 Å². The SMILES string of the molecule is COC(=O)c1ccc(Cl)c(N2CCC(C(=O)O)C2=O)c1. The topological polar surface area (TPSA) is 83.9 Å². The Labute approximate surface area is 119 Å². The zero-order valence-corrected chi connectivity index (χ0v) is 11.4. The lowest BCUT2D eigenvalue weighted by Crippen LogP contribution is -2.30. The molecule has 106 valence electrons. The van der Waals surface area contributed by atoms with Crippen LogP contribution in [-0.4, -0.2) is 36.6 Å². The molecule has 1 saturated heterocycles. The normalized spacial score (nSPS) is 18.2. The third-order valence-corrected chi connectivity index (χ3v) is 3.48. The van der Waals surface area contributed by atoms with Gasteiger partial charge in [0.05, 0.1) is 23.4 Å². The highest BCUT2D eigenvalue weighted by Crippen LogP contribution is 2.32. The number of methoxy groups -OCH3 is 1. The number of anilines is 1. The average molecular weight is 298 g/mol. The Morgan fingerprint density at radius 1 is 1.45 bits per heavy atom. The molecular weight excluding hydrogens is 286 g/mol. The highest BCUT2D eigenvalue weighted by Gasteiger charge is 2.38. The number of amides is 1. The van der Waals surface area contributed by atoms with Crippen LogP contribution < -0.4 is 4.90 Å². The number of carboxylic acids is 1. The fraction of sp³-hybridized carbons (Fsp3) is 0.308. The van der Waals surface area contributed by atoms with Gasteiger partial charge < -0.3 is 14.7 Å². The summed E-state index contributed by atoms with van der Waals surface area (Å²) >= 11 is 6.02. The van der Waals surface area contributed by atoms with E-state index in [0.717, 1.165) is 0 Å². The van der Waals surface area contributed by atoms with Crippen LogP contribution >= 0.6 is 11.6 Å². The Hall–Kier alpha value is -2.08. The van der Waals surface area contributed by atoms with E-state index in [1.165, 1.54) is 30.2 Å². The molecule has 7 heteroatoms. The van der Waals surface area contributed by atoms with Gasteiger partial charge in [0.2, 0.25) is 5.91 Å². The molecule has 0 aromatic heterocycles. The zero-order valence-electron chi connectivity index (χ0n) is 10.6. The summed E-state index contributed by atoms with van der Waals surface area (Å²) in [4.78, 5) is 35.7. The number of esters is 1. The smallest absolute Gasteiger partial charge is 0.337 e. The number of halogens is 1. The van der Waals surface area contributed by atoms with Crippen molar-refractivity contribution in [2.24, 2.45) is 5.92 Å². The Balaban J connectivity index is 2.36. The van der Waals surface area contributed by atoms with Crippen LogP contribution in [0.4, 0.5) is 5.69 Å². The van der Waals surface area contributed by atoms with Gasteiger partial charge in [-0.1, -0.05) is 11.6 Å². The molecule has 1 amide bonds. The van der Waals surface area contributed by atoms with Crippen molar-refractivity contribution >= 4 is 35.1 Å². The summed E-state index contributed by atoms with van der Waals surface area (Å²) < 4.78 is 4.60. The summed E-state index contributed by atoms with van der Waals surface area (Å²) in [6.07, 6.45) is 0.215. The lowest BCUT2D eigenvalue weighted by molar-refractivity contribution is -0.144. The van der Waals surface area contributed by atoms with Gasteiger partial charge in [0, 0.05) is 6.54 Å². The number of hydrogen-bond acceptors (Lipinski definition) is 4. The second-order valence-electron chi connectivity index (χ2n) is 4.33. The first-order chi connectivity index (χ1) is 9.45. The Morgan fingerprint density at radius 2 is 2.15 bits per heavy atom. The van der Waals surface area contributed by atoms with Crippen molar-refractivity contribution in [3.05, 3.63) is 28.8 Å². The number of benzene rings is 1. The van der Waals surface area contributed by atoms with E-state index < -0.39 is 23.8 Å². The highest BCUT2D eigenvalue weighted by molar-refractivity contribution is 6.34. The summed E-state index contributed by atoms with van der Waals surface area (Å²) in [5, 5.41) is 9.22. The minimum atomic E-state index is -1.15. The molecule has 1 heterocycles. The first-order valence-electron chi connectivity index (χ1n) is 5.87. The monoisotopic (exact) mass is 297 g/mol. The van der Waals surface area contributed by atoms with Gasteiger partial charge in [0.15, 0.2) is 0 Å². The molecule has 0 saturated carbocycles. The minimum Gasteiger partial charge on any atom is -0.481 e. The van der Waals surface area contributed by atoms with Crippen molar-refractivity contribution in [3.8, 4) is 0 Å². The van der Waals surface area contributed by atoms with Crippen molar-refractivity contribution in [2.75, 3.05) is 18.6 Å². The maximum absolute atomic E-state index is 12.0. The van der Waals surface area contributed by atoms with Crippen LogP contribution in [0.2, 0.25) is 5.02 Å². The Kier molecular flexibility index (Phi) is 3.94. The van der Waals surface area contributed by atoms with Gasteiger partial charge in [-0.05, 0) is 24.6 Å². The maximum atomic E-state index is 12.0. The van der Waals surface area contributed by atoms with Gasteiger partial charge in [0.1, 0.15) is 5.92 Å². The van der Waals surface area contributed by atoms with E-state index in [-0.39, 0.29) is 23.6 Å². The van der Waals surface area contributed by atoms with Crippen molar-refractivity contribution < 1.29 is 24.2 Å². The van der Waals surface area contributed by atoms with E-state index in [2.05, 4.69) is 4.74 Å². The minimum absolute atomic E-state index is 0.215. The van der Waals surface area contributed by atoms with Crippen molar-refractivity contribution in [1.29, 1.82) is 0 Å². The molecule has 1 unspecified atom stereocenters. The van der Waals surface area contributed by atoms with E-state index in [4.69, 9.17) is 16.7 Å². The average Bonchev–Trinajstić information content (AvgIpc) is 2.80. The first kappa shape index (κ1) is 14.3. The molecule has 1 atom stereocenters. The summed E-state index contributed by atoms with van der Waals surface area (Å²) in [6.45, 7) is 0.250. The van der Waals surface area contributed by atoms with Gasteiger partial charge in [-0.3, -0.25) is 9.59 Å². The fourth-order valence-corrected chi connectivity index (χ4v) is 2.33. The lowest BCUT2D eigenvalue weighted by atomic mass is 10.1. The standard InChI is InChI=1S/C13H12ClNO5/c1-20-13(19)7-2-3-9(14)10(6-7)15-5-4-8(11(15)16)12(17)18/h2-3,6,8H,4-5H2,1H3,(H,17,18). The molecule has 20 heavy (non-hydrogen) atoms. The molecule has 1 aromatic rings. The summed E-state index contributed by atoms with van der Waals surface area (Å²) in [6, 6.07) is 4.38. The quantitative estimate of drug-likeness (QED) is 0.676. The number of aliphatic carboxylic acids is 1. The highest BCUT2D eigenvalue weighted by atomic mass is 35.5. The van der Waals surface area contributed by atoms with Crippen molar-refractivity contribution in [1.82, 2.24) is 0 Å². The Bertz CT molecular complexity index is 586. The molecule has 0 spiro atoms. The number of carbonyl (C=O) groups is 3. The third-order valence-electron chi connectivity index (χ3n) is 3.16. The molecule has 1 fully saturated rings. The summed E-state index contributed by atoms with van der Waals surface area (Å²) in [5.74, 6) is -3.30. The fourth-order valence-electron chi connectivity index (χ4n) is 2.11. The molecule has 2 rings (SSSR count). The van der Waals surface area contributed by atoms with E-state index in [9.17, 15) is 14.4 Å². The van der Waals surface area contributed by atoms with Crippen LogP contribution in [0, 0.1) is 5.92 Å². The molecule has 0 radical (unpaired) electrons. The second-order valence-corrected chi connectivity index (χ2v) is 4.73. The number of hydrogen-bond donors (Lipinski definition) is 1. The number of rotatable bonds is 3. The van der Waals surface area contributed by atoms with Crippen LogP contribution in [0.1, 0.15) is 16.8 Å². The second kappa shape index (κ2) is 5.50. The largest absolute Gasteiger partial charge is 0.481 e. The van der Waals surface area contributed by atoms with E-state index >= 15 is 0 Å². The van der Waals surface area contributed by atoms with Crippen LogP contribution in [0.15, 0.2) is 18.2 Å². The predicted molar refractivity (Wildman–Crippen MR) is 70.9 cm³/mol. The Morgan fingerprint density at radius 3 is 2.70 bits per heavy atom. The molecule has 1 N–H and O–H groups in total. The predicted octanol–water partition coefficient (Wildman–Crippen LogP) is 1.56. The molecule has 1 aliphatic heterocycles. The number of nitrogens with zero attached hydrogens (tertiary/aromatic N) is 1. The van der Waals surface area contributed by atoms with Crippen LogP contribution in [-0.2, 0) is 14.3 Å². The summed E-state index contributed by atoms with van der Waals surface area (Å²) in [5.41, 5.74) is 0.571. The van der Waals surface area contributed by atoms with Crippen molar-refractivity contribution in [3.63, 3.8) is 0 Å². The molecule has 0 bridgehead atoms. The molecule has 1 aromatic carbocycles.